The van der Waals surface area contributed by atoms with E-state index in [2.05, 4.69) is 39.0 Å². The summed E-state index contributed by atoms with van der Waals surface area (Å²) in [4.78, 5) is 0. The van der Waals surface area contributed by atoms with E-state index in [0.717, 1.165) is 12.8 Å². The van der Waals surface area contributed by atoms with Crippen molar-refractivity contribution < 1.29 is 0 Å². The quantitative estimate of drug-likeness (QED) is 0.597. The van der Waals surface area contributed by atoms with Crippen molar-refractivity contribution in [2.75, 3.05) is 0 Å². The summed E-state index contributed by atoms with van der Waals surface area (Å²) >= 11 is 0. The molecule has 0 spiro atoms. The molecule has 0 aromatic carbocycles. The van der Waals surface area contributed by atoms with Crippen molar-refractivity contribution >= 4 is 0 Å². The van der Waals surface area contributed by atoms with Gasteiger partial charge in [-0.25, -0.2) is 0 Å². The van der Waals surface area contributed by atoms with Gasteiger partial charge in [0.2, 0.25) is 0 Å². The van der Waals surface area contributed by atoms with Crippen LogP contribution in [0.3, 0.4) is 0 Å². The molecule has 1 aliphatic rings. The smallest absolute Gasteiger partial charge is 0.0666 e. The van der Waals surface area contributed by atoms with Crippen molar-refractivity contribution in [1.82, 2.24) is 0 Å². The van der Waals surface area contributed by atoms with E-state index in [4.69, 9.17) is 5.26 Å². The van der Waals surface area contributed by atoms with Gasteiger partial charge in [-0.15, -0.1) is 0 Å². The highest BCUT2D eigenvalue weighted by Gasteiger charge is 2.18. The third kappa shape index (κ3) is 2.73. The summed E-state index contributed by atoms with van der Waals surface area (Å²) in [7, 11) is 0. The summed E-state index contributed by atoms with van der Waals surface area (Å²) in [6, 6.07) is 2.19. The molecule has 1 rings (SSSR count). The summed E-state index contributed by atoms with van der Waals surface area (Å²) in [6.07, 6.45) is 7.09. The minimum atomic E-state index is 0.286. The molecule has 70 valence electrons. The van der Waals surface area contributed by atoms with Gasteiger partial charge in [-0.2, -0.15) is 5.26 Å². The van der Waals surface area contributed by atoms with Crippen LogP contribution in [-0.2, 0) is 0 Å². The lowest BCUT2D eigenvalue weighted by Gasteiger charge is -2.25. The lowest BCUT2D eigenvalue weighted by atomic mass is 9.80. The summed E-state index contributed by atoms with van der Waals surface area (Å²) in [5.74, 6) is 0. The highest BCUT2D eigenvalue weighted by molar-refractivity contribution is 5.28. The minimum Gasteiger partial charge on any atom is -0.198 e. The third-order valence-corrected chi connectivity index (χ3v) is 2.51. The zero-order valence-electron chi connectivity index (χ0n) is 8.72. The van der Waals surface area contributed by atoms with Crippen molar-refractivity contribution in [3.63, 3.8) is 0 Å². The molecule has 0 saturated heterocycles. The molecule has 1 nitrogen and oxygen atoms in total. The number of hydrogen-bond acceptors (Lipinski definition) is 1. The number of nitrogens with zero attached hydrogens (tertiary/aromatic N) is 1. The molecule has 0 aliphatic heterocycles. The Morgan fingerprint density at radius 1 is 1.31 bits per heavy atom. The monoisotopic (exact) mass is 175 g/mol. The van der Waals surface area contributed by atoms with Gasteiger partial charge in [0.05, 0.1) is 12.5 Å². The Morgan fingerprint density at radius 3 is 2.38 bits per heavy atom. The van der Waals surface area contributed by atoms with Crippen LogP contribution in [0.4, 0.5) is 0 Å². The summed E-state index contributed by atoms with van der Waals surface area (Å²) in [6.45, 7) is 6.71. The van der Waals surface area contributed by atoms with Gasteiger partial charge in [0.15, 0.2) is 0 Å². The SMILES string of the molecule is CC(C)(C)C1=CC=C(CC#N)CC1. The van der Waals surface area contributed by atoms with Crippen molar-refractivity contribution in [1.29, 1.82) is 5.26 Å². The molecule has 1 aliphatic carbocycles. The summed E-state index contributed by atoms with van der Waals surface area (Å²) in [5, 5.41) is 8.53. The second kappa shape index (κ2) is 3.79. The fourth-order valence-electron chi connectivity index (χ4n) is 1.55. The van der Waals surface area contributed by atoms with E-state index >= 15 is 0 Å². The molecule has 0 saturated carbocycles. The van der Waals surface area contributed by atoms with Gasteiger partial charge in [0.1, 0.15) is 0 Å². The molecule has 0 atom stereocenters. The van der Waals surface area contributed by atoms with Crippen LogP contribution in [0.15, 0.2) is 23.3 Å². The van der Waals surface area contributed by atoms with E-state index < -0.39 is 0 Å². The van der Waals surface area contributed by atoms with E-state index in [1.165, 1.54) is 11.1 Å². The maximum absolute atomic E-state index is 8.53. The lowest BCUT2D eigenvalue weighted by molar-refractivity contribution is 0.479. The Labute approximate surface area is 80.8 Å². The predicted molar refractivity (Wildman–Crippen MR) is 55.1 cm³/mol. The number of rotatable bonds is 1. The average molecular weight is 175 g/mol. The molecule has 0 unspecified atom stereocenters. The zero-order chi connectivity index (χ0) is 9.90. The van der Waals surface area contributed by atoms with E-state index in [-0.39, 0.29) is 5.41 Å². The Hall–Kier alpha value is -1.03. The largest absolute Gasteiger partial charge is 0.198 e. The van der Waals surface area contributed by atoms with Gasteiger partial charge in [0, 0.05) is 0 Å². The van der Waals surface area contributed by atoms with Crippen molar-refractivity contribution in [3.05, 3.63) is 23.3 Å². The van der Waals surface area contributed by atoms with Crippen molar-refractivity contribution in [3.8, 4) is 6.07 Å². The average Bonchev–Trinajstić information content (AvgIpc) is 2.04. The maximum atomic E-state index is 8.53. The third-order valence-electron chi connectivity index (χ3n) is 2.51. The predicted octanol–water partition coefficient (Wildman–Crippen LogP) is 3.59. The maximum Gasteiger partial charge on any atom is 0.0666 e. The topological polar surface area (TPSA) is 23.8 Å². The van der Waals surface area contributed by atoms with E-state index in [1.807, 2.05) is 0 Å². The standard InChI is InChI=1S/C12H17N/c1-12(2,3)11-6-4-10(5-7-11)8-9-13/h4,6H,5,7-8H2,1-3H3. The normalized spacial score (nSPS) is 17.4. The lowest BCUT2D eigenvalue weighted by Crippen LogP contribution is -2.11. The Balaban J connectivity index is 2.72. The van der Waals surface area contributed by atoms with Crippen LogP contribution in [-0.4, -0.2) is 0 Å². The molecule has 0 amide bonds. The highest BCUT2D eigenvalue weighted by Crippen LogP contribution is 2.33. The molecule has 0 radical (unpaired) electrons. The van der Waals surface area contributed by atoms with Crippen molar-refractivity contribution in [2.24, 2.45) is 5.41 Å². The van der Waals surface area contributed by atoms with Crippen molar-refractivity contribution in [2.45, 2.75) is 40.0 Å². The minimum absolute atomic E-state index is 0.286. The fourth-order valence-corrected chi connectivity index (χ4v) is 1.55. The van der Waals surface area contributed by atoms with Crippen LogP contribution in [0.1, 0.15) is 40.0 Å². The first-order valence-corrected chi connectivity index (χ1v) is 4.80. The highest BCUT2D eigenvalue weighted by atomic mass is 14.3. The van der Waals surface area contributed by atoms with E-state index in [0.29, 0.717) is 6.42 Å². The van der Waals surface area contributed by atoms with Gasteiger partial charge in [0.25, 0.3) is 0 Å². The molecule has 1 heteroatoms. The van der Waals surface area contributed by atoms with Crippen LogP contribution in [0, 0.1) is 16.7 Å². The Morgan fingerprint density at radius 2 is 2.00 bits per heavy atom. The van der Waals surface area contributed by atoms with E-state index in [1.54, 1.807) is 0 Å². The zero-order valence-corrected chi connectivity index (χ0v) is 8.72. The first-order valence-electron chi connectivity index (χ1n) is 4.80. The van der Waals surface area contributed by atoms with Gasteiger partial charge < -0.3 is 0 Å². The number of nitriles is 1. The summed E-state index contributed by atoms with van der Waals surface area (Å²) in [5.41, 5.74) is 3.05. The van der Waals surface area contributed by atoms with E-state index in [9.17, 15) is 0 Å². The van der Waals surface area contributed by atoms with Crippen LogP contribution in [0.5, 0.6) is 0 Å². The second-order valence-electron chi connectivity index (χ2n) is 4.60. The number of allylic oxidation sites excluding steroid dienone is 4. The van der Waals surface area contributed by atoms with Crippen LogP contribution >= 0.6 is 0 Å². The summed E-state index contributed by atoms with van der Waals surface area (Å²) < 4.78 is 0. The molecular weight excluding hydrogens is 158 g/mol. The van der Waals surface area contributed by atoms with Gasteiger partial charge in [-0.1, -0.05) is 44.1 Å². The van der Waals surface area contributed by atoms with Crippen LogP contribution in [0.2, 0.25) is 0 Å². The van der Waals surface area contributed by atoms with Gasteiger partial charge in [-0.3, -0.25) is 0 Å². The van der Waals surface area contributed by atoms with Crippen LogP contribution in [0.25, 0.3) is 0 Å². The van der Waals surface area contributed by atoms with Gasteiger partial charge >= 0.3 is 0 Å². The molecule has 0 bridgehead atoms. The first kappa shape index (κ1) is 10.1. The Kier molecular flexibility index (Phi) is 2.93. The molecule has 0 heterocycles. The van der Waals surface area contributed by atoms with Crippen LogP contribution < -0.4 is 0 Å². The first-order chi connectivity index (χ1) is 6.04. The fraction of sp³-hybridized carbons (Fsp3) is 0.583. The molecular formula is C12H17N. The Bertz CT molecular complexity index is 281. The molecule has 0 aromatic rings. The van der Waals surface area contributed by atoms with Gasteiger partial charge in [-0.05, 0) is 18.3 Å². The second-order valence-corrected chi connectivity index (χ2v) is 4.60. The molecule has 0 aromatic heterocycles. The number of hydrogen-bond donors (Lipinski definition) is 0. The molecule has 0 N–H and O–H groups in total. The molecule has 0 fully saturated rings. The molecule has 13 heavy (non-hydrogen) atoms.